The zero-order chi connectivity index (χ0) is 31.5. The molecule has 6 rings (SSSR count). The monoisotopic (exact) mass is 679 g/mol. The summed E-state index contributed by atoms with van der Waals surface area (Å²) in [6, 6.07) is 14.6. The number of fused-ring (bicyclic) bond motifs is 2. The Morgan fingerprint density at radius 1 is 0.955 bits per heavy atom. The van der Waals surface area contributed by atoms with Crippen LogP contribution in [0.1, 0.15) is 21.9 Å². The SMILES string of the molecule is O=C(Cn1c2c(sc1=O)C(c1cccc(Cl)c1Cl)C1C(=O)N(c3ccccc3C(F)(F)F)C(=O)C1S2)Nc1ccc(O)cc1. The van der Waals surface area contributed by atoms with Gasteiger partial charge in [0.1, 0.15) is 17.5 Å². The van der Waals surface area contributed by atoms with E-state index < -0.39 is 63.7 Å². The number of aromatic hydroxyl groups is 1. The second-order valence-corrected chi connectivity index (χ2v) is 12.8. The van der Waals surface area contributed by atoms with Crippen LogP contribution in [0.4, 0.5) is 24.5 Å². The minimum Gasteiger partial charge on any atom is -0.508 e. The Morgan fingerprint density at radius 2 is 1.66 bits per heavy atom. The predicted molar refractivity (Wildman–Crippen MR) is 161 cm³/mol. The van der Waals surface area contributed by atoms with Crippen LogP contribution in [-0.2, 0) is 27.1 Å². The van der Waals surface area contributed by atoms with Gasteiger partial charge in [-0.25, -0.2) is 4.90 Å². The van der Waals surface area contributed by atoms with Crippen LogP contribution in [0.5, 0.6) is 5.75 Å². The van der Waals surface area contributed by atoms with E-state index in [1.54, 1.807) is 12.1 Å². The lowest BCUT2D eigenvalue weighted by Gasteiger charge is -2.31. The number of nitrogens with one attached hydrogen (secondary N) is 1. The molecule has 0 aliphatic carbocycles. The number of alkyl halides is 3. The summed E-state index contributed by atoms with van der Waals surface area (Å²) >= 11 is 14.5. The van der Waals surface area contributed by atoms with Crippen molar-refractivity contribution in [2.24, 2.45) is 5.92 Å². The molecule has 0 bridgehead atoms. The summed E-state index contributed by atoms with van der Waals surface area (Å²) in [6.07, 6.45) is -4.85. The van der Waals surface area contributed by atoms with Gasteiger partial charge in [-0.05, 0) is 48.0 Å². The maximum absolute atomic E-state index is 14.0. The summed E-state index contributed by atoms with van der Waals surface area (Å²) in [4.78, 5) is 54.4. The van der Waals surface area contributed by atoms with Crippen LogP contribution in [0, 0.1) is 5.92 Å². The number of nitrogens with zero attached hydrogens (tertiary/aromatic N) is 2. The minimum absolute atomic E-state index is 0.00882. The van der Waals surface area contributed by atoms with E-state index in [9.17, 15) is 37.5 Å². The summed E-state index contributed by atoms with van der Waals surface area (Å²) in [7, 11) is 0. The largest absolute Gasteiger partial charge is 0.508 e. The van der Waals surface area contributed by atoms with E-state index in [1.807, 2.05) is 0 Å². The highest BCUT2D eigenvalue weighted by Crippen LogP contribution is 2.55. The van der Waals surface area contributed by atoms with Crippen LogP contribution < -0.4 is 15.1 Å². The number of hydrogen-bond acceptors (Lipinski definition) is 7. The lowest BCUT2D eigenvalue weighted by molar-refractivity contribution is -0.137. The van der Waals surface area contributed by atoms with Gasteiger partial charge in [-0.15, -0.1) is 0 Å². The number of imide groups is 1. The topological polar surface area (TPSA) is 109 Å². The smallest absolute Gasteiger partial charge is 0.418 e. The summed E-state index contributed by atoms with van der Waals surface area (Å²) in [5.74, 6) is -4.63. The molecule has 2 aliphatic rings. The summed E-state index contributed by atoms with van der Waals surface area (Å²) in [6.45, 7) is -0.464. The highest BCUT2D eigenvalue weighted by atomic mass is 35.5. The number of amides is 3. The van der Waals surface area contributed by atoms with Gasteiger partial charge in [-0.1, -0.05) is 70.6 Å². The second kappa shape index (κ2) is 11.3. The van der Waals surface area contributed by atoms with Gasteiger partial charge in [0.2, 0.25) is 17.7 Å². The summed E-state index contributed by atoms with van der Waals surface area (Å²) in [5, 5.41) is 11.3. The third-order valence-electron chi connectivity index (χ3n) is 7.27. The number of phenols is 1. The number of anilines is 2. The fourth-order valence-electron chi connectivity index (χ4n) is 5.39. The molecule has 15 heteroatoms. The standard InChI is InChI=1S/C29H18Cl2F3N3O5S2/c30-17-6-3-4-15(22(17)31)20-21-23(26(41)37(25(21)40)18-7-2-1-5-16(18)29(32,33)34)43-27-24(20)44-28(42)36(27)12-19(39)35-13-8-10-14(38)11-9-13/h1-11,20-21,23,38H,12H2,(H,35,39). The van der Waals surface area contributed by atoms with Crippen LogP contribution in [0.25, 0.3) is 0 Å². The molecule has 4 aromatic rings. The fraction of sp³-hybridized carbons (Fsp3) is 0.172. The molecule has 1 fully saturated rings. The minimum atomic E-state index is -4.85. The molecule has 44 heavy (non-hydrogen) atoms. The van der Waals surface area contributed by atoms with E-state index in [-0.39, 0.29) is 20.8 Å². The number of benzene rings is 3. The number of halogens is 5. The Balaban J connectivity index is 1.46. The van der Waals surface area contributed by atoms with E-state index in [0.29, 0.717) is 21.0 Å². The van der Waals surface area contributed by atoms with Gasteiger partial charge in [0.15, 0.2) is 0 Å². The number of thiazole rings is 1. The van der Waals surface area contributed by atoms with E-state index >= 15 is 0 Å². The Bertz CT molecular complexity index is 1890. The Kier molecular flexibility index (Phi) is 7.77. The molecule has 3 amide bonds. The summed E-state index contributed by atoms with van der Waals surface area (Å²) in [5.41, 5.74) is -1.09. The normalized spacial score (nSPS) is 19.6. The molecule has 1 saturated heterocycles. The van der Waals surface area contributed by atoms with Crippen LogP contribution in [0.15, 0.2) is 76.6 Å². The van der Waals surface area contributed by atoms with Gasteiger partial charge in [0.25, 0.3) is 0 Å². The van der Waals surface area contributed by atoms with E-state index in [2.05, 4.69) is 5.32 Å². The van der Waals surface area contributed by atoms with Crippen LogP contribution in [0.2, 0.25) is 10.0 Å². The van der Waals surface area contributed by atoms with Gasteiger partial charge in [0.05, 0.1) is 32.2 Å². The van der Waals surface area contributed by atoms with Gasteiger partial charge in [0, 0.05) is 16.5 Å². The highest BCUT2D eigenvalue weighted by Gasteiger charge is 2.58. The van der Waals surface area contributed by atoms with Gasteiger partial charge in [-0.2, -0.15) is 13.2 Å². The first-order valence-electron chi connectivity index (χ1n) is 12.8. The molecule has 226 valence electrons. The molecular weight excluding hydrogens is 662 g/mol. The van der Waals surface area contributed by atoms with Crippen molar-refractivity contribution in [2.75, 3.05) is 10.2 Å². The maximum Gasteiger partial charge on any atom is 0.418 e. The van der Waals surface area contributed by atoms with E-state index in [4.69, 9.17) is 23.2 Å². The predicted octanol–water partition coefficient (Wildman–Crippen LogP) is 6.38. The molecule has 2 N–H and O–H groups in total. The number of aromatic nitrogens is 1. The molecule has 3 atom stereocenters. The van der Waals surface area contributed by atoms with Gasteiger partial charge >= 0.3 is 11.0 Å². The Hall–Kier alpha value is -3.78. The molecule has 3 aromatic carbocycles. The number of carbonyl (C=O) groups is 3. The van der Waals surface area contributed by atoms with Gasteiger partial charge in [-0.3, -0.25) is 23.7 Å². The zero-order valence-corrected chi connectivity index (χ0v) is 25.1. The zero-order valence-electron chi connectivity index (χ0n) is 22.0. The third kappa shape index (κ3) is 5.17. The van der Waals surface area contributed by atoms with Crippen molar-refractivity contribution in [3.63, 3.8) is 0 Å². The summed E-state index contributed by atoms with van der Waals surface area (Å²) < 4.78 is 43.0. The van der Waals surface area contributed by atoms with E-state index in [0.717, 1.165) is 45.9 Å². The molecule has 1 aromatic heterocycles. The van der Waals surface area contributed by atoms with Crippen molar-refractivity contribution in [1.82, 2.24) is 4.57 Å². The first-order chi connectivity index (χ1) is 20.9. The van der Waals surface area contributed by atoms with Crippen molar-refractivity contribution >= 4 is 75.4 Å². The van der Waals surface area contributed by atoms with Crippen LogP contribution in [0.3, 0.4) is 0 Å². The number of hydrogen-bond donors (Lipinski definition) is 2. The van der Waals surface area contributed by atoms with Crippen LogP contribution >= 0.6 is 46.3 Å². The number of phenolic OH excluding ortho intramolecular Hbond substituents is 1. The van der Waals surface area contributed by atoms with Crippen LogP contribution in [-0.4, -0.2) is 32.6 Å². The first-order valence-corrected chi connectivity index (χ1v) is 15.3. The Labute approximate surface area is 265 Å². The van der Waals surface area contributed by atoms with Crippen molar-refractivity contribution in [1.29, 1.82) is 0 Å². The molecule has 2 aliphatic heterocycles. The van der Waals surface area contributed by atoms with Crippen molar-refractivity contribution in [3.05, 3.63) is 102 Å². The first kappa shape index (κ1) is 30.3. The quantitative estimate of drug-likeness (QED) is 0.187. The van der Waals surface area contributed by atoms with Crippen molar-refractivity contribution in [2.45, 2.75) is 28.9 Å². The van der Waals surface area contributed by atoms with Crippen molar-refractivity contribution in [3.8, 4) is 5.75 Å². The molecule has 3 heterocycles. The van der Waals surface area contributed by atoms with Gasteiger partial charge < -0.3 is 10.4 Å². The molecule has 0 radical (unpaired) electrons. The molecule has 0 spiro atoms. The number of carbonyl (C=O) groups excluding carboxylic acids is 3. The Morgan fingerprint density at radius 3 is 2.36 bits per heavy atom. The number of para-hydroxylation sites is 1. The number of rotatable bonds is 5. The molecule has 8 nitrogen and oxygen atoms in total. The van der Waals surface area contributed by atoms with E-state index in [1.165, 1.54) is 36.4 Å². The highest BCUT2D eigenvalue weighted by molar-refractivity contribution is 8.00. The maximum atomic E-state index is 14.0. The molecule has 3 unspecified atom stereocenters. The second-order valence-electron chi connectivity index (χ2n) is 9.93. The third-order valence-corrected chi connectivity index (χ3v) is 10.7. The molecule has 0 saturated carbocycles. The average molecular weight is 681 g/mol. The lowest BCUT2D eigenvalue weighted by Crippen LogP contribution is -2.33. The average Bonchev–Trinajstić information content (AvgIpc) is 3.41. The number of thioether (sulfide) groups is 1. The van der Waals surface area contributed by atoms with Crippen molar-refractivity contribution < 1.29 is 32.7 Å². The lowest BCUT2D eigenvalue weighted by atomic mass is 9.83. The fourth-order valence-corrected chi connectivity index (χ4v) is 8.58. The molecular formula is C29H18Cl2F3N3O5S2.